The van der Waals surface area contributed by atoms with Crippen LogP contribution < -0.4 is 5.32 Å². The predicted molar refractivity (Wildman–Crippen MR) is 109 cm³/mol. The van der Waals surface area contributed by atoms with E-state index in [1.54, 1.807) is 24.2 Å². The SMILES string of the molecule is COCCN1C(=O)c2cc(-c3nc(Nc4ccnn4C)ncc3C)[nH]c2C[C@@H]1C. The number of carbonyl (C=O) groups excluding carboxylic acids is 1. The van der Waals surface area contributed by atoms with Crippen LogP contribution in [0.1, 0.15) is 28.5 Å². The summed E-state index contributed by atoms with van der Waals surface area (Å²) in [5.41, 5.74) is 4.16. The lowest BCUT2D eigenvalue weighted by Crippen LogP contribution is -2.45. The monoisotopic (exact) mass is 395 g/mol. The van der Waals surface area contributed by atoms with Gasteiger partial charge in [0.15, 0.2) is 0 Å². The van der Waals surface area contributed by atoms with E-state index in [0.29, 0.717) is 24.7 Å². The molecule has 0 radical (unpaired) electrons. The molecule has 3 aromatic rings. The number of aryl methyl sites for hydroxylation is 2. The molecule has 0 unspecified atom stereocenters. The number of rotatable bonds is 6. The topological polar surface area (TPSA) is 101 Å². The molecule has 0 spiro atoms. The fraction of sp³-hybridized carbons (Fsp3) is 0.400. The van der Waals surface area contributed by atoms with Crippen LogP contribution in [-0.2, 0) is 18.2 Å². The van der Waals surface area contributed by atoms with Crippen molar-refractivity contribution < 1.29 is 9.53 Å². The van der Waals surface area contributed by atoms with Gasteiger partial charge >= 0.3 is 0 Å². The number of carbonyl (C=O) groups is 1. The molecule has 0 aliphatic carbocycles. The Kier molecular flexibility index (Phi) is 5.06. The maximum atomic E-state index is 13.0. The standard InChI is InChI=1S/C20H25N7O2/c1-12-11-21-20(24-17-5-6-22-26(17)3)25-18(12)16-10-14-15(23-16)9-13(2)27(19(14)28)7-8-29-4/h5-6,10-11,13,23H,7-9H2,1-4H3,(H,21,24,25)/t13-/m0/s1. The van der Waals surface area contributed by atoms with Gasteiger partial charge in [0, 0.05) is 51.1 Å². The van der Waals surface area contributed by atoms with Crippen molar-refractivity contribution >= 4 is 17.7 Å². The van der Waals surface area contributed by atoms with E-state index in [1.807, 2.05) is 31.0 Å². The van der Waals surface area contributed by atoms with Crippen LogP contribution in [0.25, 0.3) is 11.4 Å². The maximum Gasteiger partial charge on any atom is 0.256 e. The van der Waals surface area contributed by atoms with Gasteiger partial charge in [-0.15, -0.1) is 0 Å². The summed E-state index contributed by atoms with van der Waals surface area (Å²) in [7, 11) is 3.49. The lowest BCUT2D eigenvalue weighted by atomic mass is 10.0. The minimum Gasteiger partial charge on any atom is -0.383 e. The number of amides is 1. The van der Waals surface area contributed by atoms with Crippen LogP contribution in [0.4, 0.5) is 11.8 Å². The van der Waals surface area contributed by atoms with Gasteiger partial charge in [-0.05, 0) is 25.5 Å². The largest absolute Gasteiger partial charge is 0.383 e. The first-order valence-corrected chi connectivity index (χ1v) is 9.58. The molecule has 9 heteroatoms. The molecule has 0 aromatic carbocycles. The fourth-order valence-corrected chi connectivity index (χ4v) is 3.63. The van der Waals surface area contributed by atoms with Crippen molar-refractivity contribution in [2.24, 2.45) is 7.05 Å². The molecule has 29 heavy (non-hydrogen) atoms. The first kappa shape index (κ1) is 19.1. The summed E-state index contributed by atoms with van der Waals surface area (Å²) in [6.45, 7) is 5.12. The molecule has 2 N–H and O–H groups in total. The van der Waals surface area contributed by atoms with Gasteiger partial charge in [-0.1, -0.05) is 0 Å². The molecule has 0 fully saturated rings. The Morgan fingerprint density at radius 2 is 2.24 bits per heavy atom. The molecule has 4 heterocycles. The number of anilines is 2. The highest BCUT2D eigenvalue weighted by Crippen LogP contribution is 2.29. The van der Waals surface area contributed by atoms with Gasteiger partial charge < -0.3 is 19.9 Å². The Hall–Kier alpha value is -3.20. The highest BCUT2D eigenvalue weighted by atomic mass is 16.5. The van der Waals surface area contributed by atoms with Crippen LogP contribution in [-0.4, -0.2) is 61.8 Å². The van der Waals surface area contributed by atoms with Crippen molar-refractivity contribution in [2.45, 2.75) is 26.3 Å². The third-order valence-corrected chi connectivity index (χ3v) is 5.25. The smallest absolute Gasteiger partial charge is 0.256 e. The Labute approximate surface area is 169 Å². The quantitative estimate of drug-likeness (QED) is 0.664. The zero-order valence-electron chi connectivity index (χ0n) is 17.1. The molecule has 0 saturated heterocycles. The van der Waals surface area contributed by atoms with Crippen molar-refractivity contribution in [1.29, 1.82) is 0 Å². The van der Waals surface area contributed by atoms with Crippen LogP contribution in [0.5, 0.6) is 0 Å². The van der Waals surface area contributed by atoms with Crippen molar-refractivity contribution in [2.75, 3.05) is 25.6 Å². The van der Waals surface area contributed by atoms with Crippen LogP contribution in [0, 0.1) is 6.92 Å². The minimum atomic E-state index is 0.0262. The van der Waals surface area contributed by atoms with Crippen LogP contribution in [0.15, 0.2) is 24.5 Å². The second-order valence-electron chi connectivity index (χ2n) is 7.31. The van der Waals surface area contributed by atoms with E-state index >= 15 is 0 Å². The Morgan fingerprint density at radius 1 is 1.41 bits per heavy atom. The predicted octanol–water partition coefficient (Wildman–Crippen LogP) is 2.29. The van der Waals surface area contributed by atoms with E-state index in [9.17, 15) is 4.79 Å². The molecular weight excluding hydrogens is 370 g/mol. The summed E-state index contributed by atoms with van der Waals surface area (Å²) in [4.78, 5) is 27.3. The molecule has 0 bridgehead atoms. The number of fused-ring (bicyclic) bond motifs is 1. The summed E-state index contributed by atoms with van der Waals surface area (Å²) in [6, 6.07) is 3.86. The first-order chi connectivity index (χ1) is 14.0. The number of nitrogens with zero attached hydrogens (tertiary/aromatic N) is 5. The van der Waals surface area contributed by atoms with E-state index in [4.69, 9.17) is 4.74 Å². The summed E-state index contributed by atoms with van der Waals surface area (Å²) >= 11 is 0. The van der Waals surface area contributed by atoms with E-state index in [0.717, 1.165) is 34.9 Å². The van der Waals surface area contributed by atoms with Crippen LogP contribution >= 0.6 is 0 Å². The highest BCUT2D eigenvalue weighted by Gasteiger charge is 2.31. The second kappa shape index (κ2) is 7.67. The average Bonchev–Trinajstić information content (AvgIpc) is 3.29. The third-order valence-electron chi connectivity index (χ3n) is 5.25. The van der Waals surface area contributed by atoms with Crippen molar-refractivity contribution in [3.63, 3.8) is 0 Å². The lowest BCUT2D eigenvalue weighted by Gasteiger charge is -2.33. The Bertz CT molecular complexity index is 1040. The molecular formula is C20H25N7O2. The van der Waals surface area contributed by atoms with E-state index in [-0.39, 0.29) is 11.9 Å². The maximum absolute atomic E-state index is 13.0. The average molecular weight is 395 g/mol. The van der Waals surface area contributed by atoms with Gasteiger partial charge in [0.25, 0.3) is 5.91 Å². The Morgan fingerprint density at radius 3 is 2.97 bits per heavy atom. The number of H-pyrrole nitrogens is 1. The normalized spacial score (nSPS) is 16.2. The van der Waals surface area contributed by atoms with Gasteiger partial charge in [0.1, 0.15) is 5.82 Å². The number of aromatic amines is 1. The fourth-order valence-electron chi connectivity index (χ4n) is 3.63. The summed E-state index contributed by atoms with van der Waals surface area (Å²) in [5.74, 6) is 1.30. The third kappa shape index (κ3) is 3.61. The summed E-state index contributed by atoms with van der Waals surface area (Å²) < 4.78 is 6.87. The lowest BCUT2D eigenvalue weighted by molar-refractivity contribution is 0.0590. The molecule has 1 amide bonds. The van der Waals surface area contributed by atoms with Gasteiger partial charge in [-0.3, -0.25) is 9.48 Å². The van der Waals surface area contributed by atoms with E-state index in [1.165, 1.54) is 0 Å². The number of hydrogen-bond acceptors (Lipinski definition) is 6. The molecule has 3 aromatic heterocycles. The molecule has 4 rings (SSSR count). The van der Waals surface area contributed by atoms with Gasteiger partial charge in [0.05, 0.1) is 29.8 Å². The highest BCUT2D eigenvalue weighted by molar-refractivity contribution is 5.98. The number of methoxy groups -OCH3 is 1. The number of nitrogens with one attached hydrogen (secondary N) is 2. The zero-order valence-corrected chi connectivity index (χ0v) is 17.1. The van der Waals surface area contributed by atoms with E-state index in [2.05, 4.69) is 32.3 Å². The van der Waals surface area contributed by atoms with Crippen molar-refractivity contribution in [1.82, 2.24) is 29.6 Å². The summed E-state index contributed by atoms with van der Waals surface area (Å²) in [5, 5.41) is 7.31. The van der Waals surface area contributed by atoms with E-state index < -0.39 is 0 Å². The second-order valence-corrected chi connectivity index (χ2v) is 7.31. The van der Waals surface area contributed by atoms with Crippen LogP contribution in [0.2, 0.25) is 0 Å². The molecule has 1 atom stereocenters. The minimum absolute atomic E-state index is 0.0262. The molecule has 9 nitrogen and oxygen atoms in total. The van der Waals surface area contributed by atoms with Crippen molar-refractivity contribution in [3.05, 3.63) is 41.3 Å². The summed E-state index contributed by atoms with van der Waals surface area (Å²) in [6.07, 6.45) is 4.25. The van der Waals surface area contributed by atoms with Crippen LogP contribution in [0.3, 0.4) is 0 Å². The number of aromatic nitrogens is 5. The van der Waals surface area contributed by atoms with Crippen molar-refractivity contribution in [3.8, 4) is 11.4 Å². The Balaban J connectivity index is 1.65. The zero-order chi connectivity index (χ0) is 20.5. The number of hydrogen-bond donors (Lipinski definition) is 2. The first-order valence-electron chi connectivity index (χ1n) is 9.58. The molecule has 1 aliphatic heterocycles. The van der Waals surface area contributed by atoms with Gasteiger partial charge in [-0.25, -0.2) is 9.97 Å². The number of ether oxygens (including phenoxy) is 1. The molecule has 0 saturated carbocycles. The molecule has 1 aliphatic rings. The van der Waals surface area contributed by atoms with Gasteiger partial charge in [-0.2, -0.15) is 5.10 Å². The van der Waals surface area contributed by atoms with Gasteiger partial charge in [0.2, 0.25) is 5.95 Å². The molecule has 152 valence electrons.